The van der Waals surface area contributed by atoms with Crippen LogP contribution in [0.5, 0.6) is 0 Å². The number of fused-ring (bicyclic) bond motifs is 1. The number of hydrogen-bond donors (Lipinski definition) is 2. The van der Waals surface area contributed by atoms with Crippen LogP contribution in [0.25, 0.3) is 11.1 Å². The number of carbonyl (C=O) groups is 1. The highest BCUT2D eigenvalue weighted by Crippen LogP contribution is 2.27. The number of nitrogens with one attached hydrogen (secondary N) is 1. The first-order valence-corrected chi connectivity index (χ1v) is 9.56. The first-order valence-electron chi connectivity index (χ1n) is 9.56. The number of carbonyl (C=O) groups excluding carboxylic acids is 1. The highest BCUT2D eigenvalue weighted by Gasteiger charge is 2.18. The molecule has 3 N–H and O–H groups in total. The lowest BCUT2D eigenvalue weighted by molar-refractivity contribution is 0.0938. The summed E-state index contributed by atoms with van der Waals surface area (Å²) >= 11 is 0. The second-order valence-corrected chi connectivity index (χ2v) is 7.24. The Morgan fingerprint density at radius 3 is 2.69 bits per heavy atom. The summed E-state index contributed by atoms with van der Waals surface area (Å²) in [4.78, 5) is 16.7. The van der Waals surface area contributed by atoms with Gasteiger partial charge < -0.3 is 11.1 Å². The number of nitrogens with zero attached hydrogens (tertiary/aromatic N) is 1. The molecule has 5 heteroatoms. The lowest BCUT2D eigenvalue weighted by atomic mass is 9.98. The van der Waals surface area contributed by atoms with Gasteiger partial charge in [-0.05, 0) is 47.4 Å². The molecule has 0 aliphatic carbocycles. The van der Waals surface area contributed by atoms with Crippen LogP contribution in [-0.2, 0) is 6.54 Å². The molecule has 1 atom stereocenters. The van der Waals surface area contributed by atoms with Crippen LogP contribution in [0.2, 0.25) is 0 Å². The number of rotatable bonds is 5. The van der Waals surface area contributed by atoms with E-state index in [1.54, 1.807) is 12.1 Å². The Bertz CT molecular complexity index is 1110. The average molecular weight is 387 g/mol. The first kappa shape index (κ1) is 19.0. The van der Waals surface area contributed by atoms with Gasteiger partial charge in [-0.25, -0.2) is 0 Å². The van der Waals surface area contributed by atoms with Crippen molar-refractivity contribution in [2.75, 3.05) is 6.54 Å². The van der Waals surface area contributed by atoms with Crippen molar-refractivity contribution in [1.29, 1.82) is 0 Å². The molecule has 4 rings (SSSR count). The second-order valence-electron chi connectivity index (χ2n) is 7.24. The molecule has 1 aliphatic rings. The zero-order valence-corrected chi connectivity index (χ0v) is 16.2. The zero-order chi connectivity index (χ0) is 20.4. The summed E-state index contributed by atoms with van der Waals surface area (Å²) in [7, 11) is 0. The smallest absolute Gasteiger partial charge is 0.251 e. The molecule has 0 radical (unpaired) electrons. The van der Waals surface area contributed by atoms with Crippen molar-refractivity contribution in [1.82, 2.24) is 5.32 Å². The molecule has 0 spiro atoms. The molecule has 0 saturated carbocycles. The molecule has 4 nitrogen and oxygen atoms in total. The van der Waals surface area contributed by atoms with Crippen LogP contribution in [0.1, 0.15) is 38.7 Å². The van der Waals surface area contributed by atoms with E-state index in [2.05, 4.69) is 10.3 Å². The Morgan fingerprint density at radius 2 is 1.90 bits per heavy atom. The summed E-state index contributed by atoms with van der Waals surface area (Å²) in [5.41, 5.74) is 11.6. The van der Waals surface area contributed by atoms with E-state index in [0.29, 0.717) is 24.2 Å². The van der Waals surface area contributed by atoms with Gasteiger partial charge in [0.1, 0.15) is 0 Å². The molecule has 1 aliphatic heterocycles. The number of benzene rings is 3. The Labute approximate surface area is 169 Å². The zero-order valence-electron chi connectivity index (χ0n) is 16.2. The fourth-order valence-corrected chi connectivity index (χ4v) is 3.57. The maximum absolute atomic E-state index is 13.9. The minimum Gasteiger partial charge on any atom is -0.344 e. The van der Waals surface area contributed by atoms with Gasteiger partial charge in [0.05, 0.1) is 12.6 Å². The maximum Gasteiger partial charge on any atom is 0.251 e. The van der Waals surface area contributed by atoms with Crippen LogP contribution in [0.15, 0.2) is 71.7 Å². The molecule has 146 valence electrons. The fourth-order valence-electron chi connectivity index (χ4n) is 3.57. The number of aryl methyl sites for hydroxylation is 1. The van der Waals surface area contributed by atoms with Gasteiger partial charge in [-0.1, -0.05) is 54.1 Å². The molecular formula is C24H22FN3O. The minimum atomic E-state index is -0.431. The molecule has 0 fully saturated rings. The minimum absolute atomic E-state index is 0.197. The van der Waals surface area contributed by atoms with Crippen molar-refractivity contribution in [2.45, 2.75) is 19.5 Å². The quantitative estimate of drug-likeness (QED) is 0.685. The molecule has 29 heavy (non-hydrogen) atoms. The van der Waals surface area contributed by atoms with Crippen molar-refractivity contribution < 1.29 is 9.18 Å². The highest BCUT2D eigenvalue weighted by molar-refractivity contribution is 5.99. The van der Waals surface area contributed by atoms with Crippen LogP contribution in [0.4, 0.5) is 4.39 Å². The maximum atomic E-state index is 13.9. The van der Waals surface area contributed by atoms with Gasteiger partial charge in [0.2, 0.25) is 5.97 Å². The highest BCUT2D eigenvalue weighted by atomic mass is 19.1. The SMILES string of the molecule is Cc1cccc(C(CN)NC(=O)c2cccc(-c3ccc4c(c3)C(F)=NC4)c2)c1. The summed E-state index contributed by atoms with van der Waals surface area (Å²) in [5.74, 6) is -0.627. The van der Waals surface area contributed by atoms with Crippen molar-refractivity contribution in [3.05, 3.63) is 94.5 Å². The topological polar surface area (TPSA) is 67.5 Å². The van der Waals surface area contributed by atoms with Crippen molar-refractivity contribution in [3.8, 4) is 11.1 Å². The largest absolute Gasteiger partial charge is 0.344 e. The first-order chi connectivity index (χ1) is 14.0. The fraction of sp³-hybridized carbons (Fsp3) is 0.167. The van der Waals surface area contributed by atoms with E-state index < -0.39 is 5.97 Å². The van der Waals surface area contributed by atoms with Crippen LogP contribution >= 0.6 is 0 Å². The number of halogens is 1. The van der Waals surface area contributed by atoms with Crippen molar-refractivity contribution in [3.63, 3.8) is 0 Å². The second kappa shape index (κ2) is 7.97. The molecular weight excluding hydrogens is 365 g/mol. The van der Waals surface area contributed by atoms with Gasteiger partial charge in [0, 0.05) is 17.7 Å². The van der Waals surface area contributed by atoms with E-state index >= 15 is 0 Å². The molecule has 1 unspecified atom stereocenters. The monoisotopic (exact) mass is 387 g/mol. The van der Waals surface area contributed by atoms with Crippen molar-refractivity contribution >= 4 is 11.9 Å². The molecule has 0 bridgehead atoms. The van der Waals surface area contributed by atoms with E-state index in [0.717, 1.165) is 27.8 Å². The van der Waals surface area contributed by atoms with Crippen LogP contribution in [0, 0.1) is 6.92 Å². The lowest BCUT2D eigenvalue weighted by Crippen LogP contribution is -2.33. The van der Waals surface area contributed by atoms with Crippen molar-refractivity contribution in [2.24, 2.45) is 10.7 Å². The summed E-state index contributed by atoms with van der Waals surface area (Å²) in [6.45, 7) is 2.69. The Hall–Kier alpha value is -3.31. The summed E-state index contributed by atoms with van der Waals surface area (Å²) < 4.78 is 13.9. The number of nitrogens with two attached hydrogens (primary N) is 1. The lowest BCUT2D eigenvalue weighted by Gasteiger charge is -2.18. The van der Waals surface area contributed by atoms with Crippen LogP contribution in [0.3, 0.4) is 0 Å². The summed E-state index contributed by atoms with van der Waals surface area (Å²) in [5, 5.41) is 3.01. The van der Waals surface area contributed by atoms with Gasteiger partial charge in [0.25, 0.3) is 5.91 Å². The number of aliphatic imine (C=N–C) groups is 1. The van der Waals surface area contributed by atoms with E-state index in [1.165, 1.54) is 0 Å². The standard InChI is InChI=1S/C24H22FN3O/c1-15-4-2-6-18(10-15)22(13-26)28-24(29)19-7-3-5-16(11-19)17-8-9-20-14-27-23(25)21(20)12-17/h2-12,22H,13-14,26H2,1H3,(H,28,29). The molecule has 1 amide bonds. The summed E-state index contributed by atoms with van der Waals surface area (Å²) in [6.07, 6.45) is 0. The Balaban J connectivity index is 1.58. The van der Waals surface area contributed by atoms with Gasteiger partial charge in [-0.3, -0.25) is 9.79 Å². The van der Waals surface area contributed by atoms with E-state index in [9.17, 15) is 9.18 Å². The molecule has 3 aromatic rings. The number of amides is 1. The van der Waals surface area contributed by atoms with Crippen LogP contribution in [-0.4, -0.2) is 18.4 Å². The van der Waals surface area contributed by atoms with E-state index in [4.69, 9.17) is 5.73 Å². The van der Waals surface area contributed by atoms with Gasteiger partial charge in [-0.15, -0.1) is 0 Å². The predicted molar refractivity (Wildman–Crippen MR) is 114 cm³/mol. The normalized spacial score (nSPS) is 13.6. The Kier molecular flexibility index (Phi) is 5.23. The third-order valence-corrected chi connectivity index (χ3v) is 5.16. The van der Waals surface area contributed by atoms with E-state index in [-0.39, 0.29) is 11.9 Å². The Morgan fingerprint density at radius 1 is 1.10 bits per heavy atom. The molecule has 1 heterocycles. The van der Waals surface area contributed by atoms with E-state index in [1.807, 2.05) is 61.5 Å². The molecule has 0 saturated heterocycles. The summed E-state index contributed by atoms with van der Waals surface area (Å²) in [6, 6.07) is 20.6. The van der Waals surface area contributed by atoms with Gasteiger partial charge in [0.15, 0.2) is 0 Å². The molecule has 0 aromatic heterocycles. The average Bonchev–Trinajstić information content (AvgIpc) is 3.12. The van der Waals surface area contributed by atoms with Crippen LogP contribution < -0.4 is 11.1 Å². The number of hydrogen-bond acceptors (Lipinski definition) is 3. The third kappa shape index (κ3) is 3.96. The van der Waals surface area contributed by atoms with Gasteiger partial charge in [-0.2, -0.15) is 4.39 Å². The van der Waals surface area contributed by atoms with Gasteiger partial charge >= 0.3 is 0 Å². The third-order valence-electron chi connectivity index (χ3n) is 5.16. The molecule has 3 aromatic carbocycles. The predicted octanol–water partition coefficient (Wildman–Crippen LogP) is 4.32.